The molecule has 0 aliphatic heterocycles. The molecule has 3 N–H and O–H groups in total. The molecule has 0 radical (unpaired) electrons. The van der Waals surface area contributed by atoms with E-state index in [0.29, 0.717) is 5.82 Å². The first kappa shape index (κ1) is 9.39. The largest absolute Gasteiger partial charge is 0.497 e. The van der Waals surface area contributed by atoms with Crippen molar-refractivity contribution >= 4 is 11.5 Å². The number of ether oxygens (including phenoxy) is 1. The van der Waals surface area contributed by atoms with Gasteiger partial charge >= 0.3 is 0 Å². The molecule has 0 unspecified atom stereocenters. The molecule has 0 saturated heterocycles. The van der Waals surface area contributed by atoms with Gasteiger partial charge in [-0.05, 0) is 24.3 Å². The van der Waals surface area contributed by atoms with Crippen LogP contribution in [0, 0.1) is 0 Å². The van der Waals surface area contributed by atoms with Crippen LogP contribution in [0.1, 0.15) is 0 Å². The van der Waals surface area contributed by atoms with Crippen LogP contribution >= 0.6 is 0 Å². The Hall–Kier alpha value is -2.17. The van der Waals surface area contributed by atoms with Crippen molar-refractivity contribution in [3.05, 3.63) is 40.7 Å². The number of anilines is 2. The van der Waals surface area contributed by atoms with Crippen LogP contribution in [0.2, 0.25) is 0 Å². The van der Waals surface area contributed by atoms with Gasteiger partial charge in [-0.1, -0.05) is 0 Å². The Labute approximate surface area is 86.1 Å². The number of rotatable bonds is 3. The van der Waals surface area contributed by atoms with Crippen LogP contribution in [-0.2, 0) is 0 Å². The van der Waals surface area contributed by atoms with Gasteiger partial charge in [0, 0.05) is 11.8 Å². The van der Waals surface area contributed by atoms with Crippen LogP contribution in [0.25, 0.3) is 0 Å². The molecule has 5 heteroatoms. The van der Waals surface area contributed by atoms with Gasteiger partial charge in [0.15, 0.2) is 0 Å². The van der Waals surface area contributed by atoms with Crippen molar-refractivity contribution in [3.8, 4) is 5.75 Å². The zero-order chi connectivity index (χ0) is 10.7. The molecule has 0 aliphatic carbocycles. The normalized spacial score (nSPS) is 9.93. The summed E-state index contributed by atoms with van der Waals surface area (Å²) < 4.78 is 5.03. The summed E-state index contributed by atoms with van der Waals surface area (Å²) in [5.74, 6) is 1.42. The molecule has 1 heterocycles. The van der Waals surface area contributed by atoms with Crippen LogP contribution in [0.15, 0.2) is 35.1 Å². The lowest BCUT2D eigenvalue weighted by Crippen LogP contribution is -1.94. The minimum absolute atomic E-state index is 0.161. The molecule has 78 valence electrons. The fourth-order valence-corrected chi connectivity index (χ4v) is 1.23. The SMILES string of the molecule is COc1ccc(Nc2cc(=O)[nH][nH]2)cc1. The Morgan fingerprint density at radius 2 is 1.93 bits per heavy atom. The first-order valence-corrected chi connectivity index (χ1v) is 4.47. The summed E-state index contributed by atoms with van der Waals surface area (Å²) in [4.78, 5) is 10.8. The molecule has 15 heavy (non-hydrogen) atoms. The lowest BCUT2D eigenvalue weighted by atomic mass is 10.3. The van der Waals surface area contributed by atoms with Gasteiger partial charge in [-0.2, -0.15) is 0 Å². The summed E-state index contributed by atoms with van der Waals surface area (Å²) in [5, 5.41) is 8.18. The van der Waals surface area contributed by atoms with E-state index in [1.807, 2.05) is 24.3 Å². The predicted molar refractivity (Wildman–Crippen MR) is 57.7 cm³/mol. The molecule has 1 aromatic heterocycles. The van der Waals surface area contributed by atoms with Gasteiger partial charge in [0.05, 0.1) is 7.11 Å². The molecule has 2 rings (SSSR count). The second kappa shape index (κ2) is 3.91. The Morgan fingerprint density at radius 3 is 2.47 bits per heavy atom. The third-order valence-corrected chi connectivity index (χ3v) is 1.96. The van der Waals surface area contributed by atoms with Crippen molar-refractivity contribution in [2.24, 2.45) is 0 Å². The molecule has 0 bridgehead atoms. The molecule has 1 aromatic carbocycles. The maximum absolute atomic E-state index is 10.8. The third-order valence-electron chi connectivity index (χ3n) is 1.96. The molecular formula is C10H11N3O2. The van der Waals surface area contributed by atoms with Gasteiger partial charge in [-0.3, -0.25) is 15.0 Å². The summed E-state index contributed by atoms with van der Waals surface area (Å²) >= 11 is 0. The molecular weight excluding hydrogens is 194 g/mol. The van der Waals surface area contributed by atoms with E-state index in [2.05, 4.69) is 15.5 Å². The van der Waals surface area contributed by atoms with Crippen LogP contribution in [0.3, 0.4) is 0 Å². The molecule has 0 saturated carbocycles. The predicted octanol–water partition coefficient (Wildman–Crippen LogP) is 1.46. The summed E-state index contributed by atoms with van der Waals surface area (Å²) in [6.45, 7) is 0. The fraction of sp³-hybridized carbons (Fsp3) is 0.100. The van der Waals surface area contributed by atoms with E-state index in [4.69, 9.17) is 4.74 Å². The molecule has 2 aromatic rings. The van der Waals surface area contributed by atoms with E-state index in [-0.39, 0.29) is 5.56 Å². The Kier molecular flexibility index (Phi) is 2.45. The third kappa shape index (κ3) is 2.19. The highest BCUT2D eigenvalue weighted by atomic mass is 16.5. The summed E-state index contributed by atoms with van der Waals surface area (Å²) in [6, 6.07) is 8.86. The van der Waals surface area contributed by atoms with E-state index in [1.54, 1.807) is 7.11 Å². The molecule has 0 fully saturated rings. The number of aromatic amines is 2. The second-order valence-corrected chi connectivity index (χ2v) is 3.03. The number of benzene rings is 1. The number of aromatic nitrogens is 2. The van der Waals surface area contributed by atoms with Crippen LogP contribution in [0.4, 0.5) is 11.5 Å². The van der Waals surface area contributed by atoms with Crippen molar-refractivity contribution in [3.63, 3.8) is 0 Å². The highest BCUT2D eigenvalue weighted by Gasteiger charge is 1.97. The summed E-state index contributed by atoms with van der Waals surface area (Å²) in [6.07, 6.45) is 0. The van der Waals surface area contributed by atoms with Gasteiger partial charge < -0.3 is 10.1 Å². The van der Waals surface area contributed by atoms with Crippen LogP contribution in [0.5, 0.6) is 5.75 Å². The van der Waals surface area contributed by atoms with Crippen molar-refractivity contribution in [1.29, 1.82) is 0 Å². The van der Waals surface area contributed by atoms with Gasteiger partial charge in [-0.25, -0.2) is 0 Å². The second-order valence-electron chi connectivity index (χ2n) is 3.03. The smallest absolute Gasteiger partial charge is 0.266 e. The topological polar surface area (TPSA) is 69.9 Å². The summed E-state index contributed by atoms with van der Waals surface area (Å²) in [5.41, 5.74) is 0.720. The van der Waals surface area contributed by atoms with Crippen molar-refractivity contribution in [2.45, 2.75) is 0 Å². The van der Waals surface area contributed by atoms with E-state index in [9.17, 15) is 4.79 Å². The van der Waals surface area contributed by atoms with Crippen molar-refractivity contribution < 1.29 is 4.74 Å². The maximum atomic E-state index is 10.8. The lowest BCUT2D eigenvalue weighted by Gasteiger charge is -2.04. The first-order chi connectivity index (χ1) is 7.28. The number of hydrogen-bond donors (Lipinski definition) is 3. The maximum Gasteiger partial charge on any atom is 0.266 e. The highest BCUT2D eigenvalue weighted by molar-refractivity contribution is 5.56. The monoisotopic (exact) mass is 205 g/mol. The molecule has 0 amide bonds. The summed E-state index contributed by atoms with van der Waals surface area (Å²) in [7, 11) is 1.62. The van der Waals surface area contributed by atoms with Gasteiger partial charge in [0.1, 0.15) is 11.6 Å². The molecule has 0 spiro atoms. The van der Waals surface area contributed by atoms with E-state index < -0.39 is 0 Å². The van der Waals surface area contributed by atoms with Crippen LogP contribution < -0.4 is 15.6 Å². The number of hydrogen-bond acceptors (Lipinski definition) is 3. The lowest BCUT2D eigenvalue weighted by molar-refractivity contribution is 0.415. The number of H-pyrrole nitrogens is 2. The van der Waals surface area contributed by atoms with Crippen molar-refractivity contribution in [1.82, 2.24) is 10.2 Å². The minimum Gasteiger partial charge on any atom is -0.497 e. The first-order valence-electron chi connectivity index (χ1n) is 4.47. The quantitative estimate of drug-likeness (QED) is 0.710. The Balaban J connectivity index is 2.14. The molecule has 0 atom stereocenters. The Morgan fingerprint density at radius 1 is 1.20 bits per heavy atom. The Bertz CT molecular complexity index is 484. The number of nitrogens with one attached hydrogen (secondary N) is 3. The average molecular weight is 205 g/mol. The molecule has 0 aliphatic rings. The van der Waals surface area contributed by atoms with Crippen LogP contribution in [-0.4, -0.2) is 17.3 Å². The standard InChI is InChI=1S/C10H11N3O2/c1-15-8-4-2-7(3-5-8)11-9-6-10(14)13-12-9/h2-6H,1H3,(H3,11,12,13,14). The van der Waals surface area contributed by atoms with Gasteiger partial charge in [0.25, 0.3) is 5.56 Å². The van der Waals surface area contributed by atoms with E-state index >= 15 is 0 Å². The highest BCUT2D eigenvalue weighted by Crippen LogP contribution is 2.17. The minimum atomic E-state index is -0.161. The van der Waals surface area contributed by atoms with E-state index in [0.717, 1.165) is 11.4 Å². The van der Waals surface area contributed by atoms with Gasteiger partial charge in [-0.15, -0.1) is 0 Å². The zero-order valence-corrected chi connectivity index (χ0v) is 8.20. The average Bonchev–Trinajstić information content (AvgIpc) is 2.65. The zero-order valence-electron chi connectivity index (χ0n) is 8.20. The van der Waals surface area contributed by atoms with Gasteiger partial charge in [0.2, 0.25) is 0 Å². The van der Waals surface area contributed by atoms with Crippen molar-refractivity contribution in [2.75, 3.05) is 12.4 Å². The number of methoxy groups -OCH3 is 1. The fourth-order valence-electron chi connectivity index (χ4n) is 1.23. The molecule has 5 nitrogen and oxygen atoms in total. The van der Waals surface area contributed by atoms with E-state index in [1.165, 1.54) is 6.07 Å².